The summed E-state index contributed by atoms with van der Waals surface area (Å²) in [6.45, 7) is 4.54. The molecular weight excluding hydrogens is 567 g/mol. The molecule has 0 unspecified atom stereocenters. The first-order chi connectivity index (χ1) is 21.8. The van der Waals surface area contributed by atoms with E-state index in [0.29, 0.717) is 57.2 Å². The third-order valence-corrected chi connectivity index (χ3v) is 10.1. The molecule has 10 heteroatoms. The van der Waals surface area contributed by atoms with E-state index in [1.54, 1.807) is 19.2 Å². The van der Waals surface area contributed by atoms with Gasteiger partial charge in [-0.15, -0.1) is 0 Å². The lowest BCUT2D eigenvalue weighted by atomic mass is 9.73. The van der Waals surface area contributed by atoms with Gasteiger partial charge in [0.1, 0.15) is 11.3 Å². The molecule has 5 aromatic rings. The van der Waals surface area contributed by atoms with E-state index in [9.17, 15) is 4.79 Å². The summed E-state index contributed by atoms with van der Waals surface area (Å²) >= 11 is 0. The molecule has 0 bridgehead atoms. The van der Waals surface area contributed by atoms with Gasteiger partial charge in [0.25, 0.3) is 0 Å². The minimum Gasteiger partial charge on any atom is -0.383 e. The average Bonchev–Trinajstić information content (AvgIpc) is 3.72. The van der Waals surface area contributed by atoms with Gasteiger partial charge in [0, 0.05) is 67.9 Å². The van der Waals surface area contributed by atoms with Crippen molar-refractivity contribution in [2.24, 2.45) is 17.6 Å². The number of rotatable bonds is 5. The number of carbonyl (C=O) groups excluding carboxylic acids is 1. The predicted molar refractivity (Wildman–Crippen MR) is 173 cm³/mol. The van der Waals surface area contributed by atoms with Crippen molar-refractivity contribution in [3.63, 3.8) is 0 Å². The molecule has 1 amide bonds. The van der Waals surface area contributed by atoms with Crippen molar-refractivity contribution >= 4 is 28.6 Å². The van der Waals surface area contributed by atoms with Crippen LogP contribution in [0.1, 0.15) is 31.7 Å². The first kappa shape index (κ1) is 27.7. The van der Waals surface area contributed by atoms with Crippen molar-refractivity contribution in [3.8, 4) is 28.3 Å². The Hall–Kier alpha value is -4.83. The number of anilines is 2. The van der Waals surface area contributed by atoms with Crippen molar-refractivity contribution in [1.29, 1.82) is 0 Å². The number of imidazole rings is 1. The molecule has 1 aliphatic carbocycles. The lowest BCUT2D eigenvalue weighted by Gasteiger charge is -2.38. The Labute approximate surface area is 260 Å². The Bertz CT molecular complexity index is 1940. The summed E-state index contributed by atoms with van der Waals surface area (Å²) in [7, 11) is 0. The van der Waals surface area contributed by atoms with Gasteiger partial charge in [-0.3, -0.25) is 9.36 Å². The molecule has 2 atom stereocenters. The lowest BCUT2D eigenvalue weighted by Crippen LogP contribution is -2.43. The van der Waals surface area contributed by atoms with Crippen LogP contribution >= 0.6 is 0 Å². The highest BCUT2D eigenvalue weighted by Gasteiger charge is 2.41. The van der Waals surface area contributed by atoms with Crippen LogP contribution in [0.4, 0.5) is 15.9 Å². The van der Waals surface area contributed by atoms with E-state index >= 15 is 4.39 Å². The van der Waals surface area contributed by atoms with Crippen molar-refractivity contribution in [2.75, 3.05) is 36.8 Å². The molecule has 4 N–H and O–H groups in total. The highest BCUT2D eigenvalue weighted by Crippen LogP contribution is 2.40. The second kappa shape index (κ2) is 10.4. The second-order valence-corrected chi connectivity index (χ2v) is 12.8. The lowest BCUT2D eigenvalue weighted by molar-refractivity contribution is -0.128. The fourth-order valence-electron chi connectivity index (χ4n) is 7.34. The average molecular weight is 603 g/mol. The van der Waals surface area contributed by atoms with Gasteiger partial charge in [-0.25, -0.2) is 19.3 Å². The third kappa shape index (κ3) is 4.54. The zero-order chi connectivity index (χ0) is 30.9. The van der Waals surface area contributed by atoms with Gasteiger partial charge in [-0.2, -0.15) is 0 Å². The van der Waals surface area contributed by atoms with Crippen molar-refractivity contribution in [3.05, 3.63) is 84.3 Å². The number of likely N-dealkylation sites (tertiary alicyclic amines) is 1. The fourth-order valence-corrected chi connectivity index (χ4v) is 7.34. The Kier molecular flexibility index (Phi) is 6.39. The Morgan fingerprint density at radius 3 is 2.31 bits per heavy atom. The molecule has 8 rings (SSSR count). The molecule has 0 spiro atoms. The summed E-state index contributed by atoms with van der Waals surface area (Å²) in [4.78, 5) is 30.2. The second-order valence-electron chi connectivity index (χ2n) is 12.8. The molecule has 9 nitrogen and oxygen atoms in total. The van der Waals surface area contributed by atoms with Crippen LogP contribution in [0.2, 0.25) is 0 Å². The van der Waals surface area contributed by atoms with Gasteiger partial charge >= 0.3 is 0 Å². The number of hydrogen-bond acceptors (Lipinski definition) is 7. The molecule has 3 aromatic heterocycles. The molecule has 0 radical (unpaired) electrons. The summed E-state index contributed by atoms with van der Waals surface area (Å²) in [5.41, 5.74) is 18.1. The zero-order valence-corrected chi connectivity index (χ0v) is 25.2. The number of pyridine rings is 2. The summed E-state index contributed by atoms with van der Waals surface area (Å²) in [5, 5.41) is 0. The van der Waals surface area contributed by atoms with E-state index < -0.39 is 0 Å². The number of hydrogen-bond donors (Lipinski definition) is 2. The number of aromatic nitrogens is 4. The topological polar surface area (TPSA) is 119 Å². The van der Waals surface area contributed by atoms with Crippen LogP contribution in [-0.4, -0.2) is 56.5 Å². The molecule has 3 aliphatic rings. The van der Waals surface area contributed by atoms with Crippen LogP contribution in [0.3, 0.4) is 0 Å². The summed E-state index contributed by atoms with van der Waals surface area (Å²) in [6, 6.07) is 21.1. The minimum atomic E-state index is -0.298. The molecule has 2 aromatic carbocycles. The molecular formula is C35H35FN8O. The smallest absolute Gasteiger partial charge is 0.219 e. The van der Waals surface area contributed by atoms with Crippen molar-refractivity contribution < 1.29 is 9.18 Å². The number of fused-ring (bicyclic) bond motifs is 2. The summed E-state index contributed by atoms with van der Waals surface area (Å²) < 4.78 is 18.3. The van der Waals surface area contributed by atoms with Gasteiger partial charge in [0.15, 0.2) is 17.3 Å². The van der Waals surface area contributed by atoms with E-state index in [1.807, 2.05) is 58.0 Å². The van der Waals surface area contributed by atoms with Gasteiger partial charge in [-0.1, -0.05) is 18.2 Å². The van der Waals surface area contributed by atoms with E-state index in [0.717, 1.165) is 56.7 Å². The maximum Gasteiger partial charge on any atom is 0.219 e. The Morgan fingerprint density at radius 1 is 0.911 bits per heavy atom. The first-order valence-corrected chi connectivity index (χ1v) is 15.6. The maximum atomic E-state index is 16.3. The SMILES string of the molecule is CC(=O)N1C[C@@H]2CN(c3cccc(-c4ccc5nc(-c6cccnc6N)n(-c6ccc(C7(N)CCC7)cc6)c5n4)c3F)C[C@@H]2C1. The Morgan fingerprint density at radius 2 is 1.64 bits per heavy atom. The molecule has 228 valence electrons. The van der Waals surface area contributed by atoms with Crippen LogP contribution in [-0.2, 0) is 10.3 Å². The third-order valence-electron chi connectivity index (χ3n) is 10.1. The van der Waals surface area contributed by atoms with Gasteiger partial charge in [0.2, 0.25) is 5.91 Å². The highest BCUT2D eigenvalue weighted by molar-refractivity contribution is 5.85. The van der Waals surface area contributed by atoms with Crippen LogP contribution in [0.5, 0.6) is 0 Å². The van der Waals surface area contributed by atoms with Crippen LogP contribution in [0.15, 0.2) is 72.9 Å². The van der Waals surface area contributed by atoms with E-state index in [1.165, 1.54) is 0 Å². The quantitative estimate of drug-likeness (QED) is 0.287. The normalized spacial score (nSPS) is 20.4. The maximum absolute atomic E-state index is 16.3. The number of benzene rings is 2. The number of nitrogen functional groups attached to an aromatic ring is 1. The zero-order valence-electron chi connectivity index (χ0n) is 25.2. The number of amides is 1. The number of carbonyl (C=O) groups is 1. The van der Waals surface area contributed by atoms with Gasteiger partial charge in [0.05, 0.1) is 16.9 Å². The summed E-state index contributed by atoms with van der Waals surface area (Å²) in [5.74, 6) is 1.48. The van der Waals surface area contributed by atoms with E-state index in [-0.39, 0.29) is 17.3 Å². The van der Waals surface area contributed by atoms with Crippen molar-refractivity contribution in [2.45, 2.75) is 31.7 Å². The number of nitrogens with zero attached hydrogens (tertiary/aromatic N) is 6. The molecule has 2 saturated heterocycles. The standard InChI is InChI=1S/C35H35FN8O/c1-21(45)42-17-22-19-43(20-23(22)18-42)30-7-2-5-26(31(30)36)28-12-13-29-34(40-28)44(33(41-29)27-6-3-16-39-32(27)37)25-10-8-24(9-11-25)35(38)14-4-15-35/h2-3,5-13,16,22-23H,4,14-15,17-20,38H2,1H3,(H2,37,39)/t22-,23+. The monoisotopic (exact) mass is 602 g/mol. The largest absolute Gasteiger partial charge is 0.383 e. The van der Waals surface area contributed by atoms with Gasteiger partial charge in [-0.05, 0) is 73.4 Å². The number of halogens is 1. The first-order valence-electron chi connectivity index (χ1n) is 15.6. The Balaban J connectivity index is 1.20. The van der Waals surface area contributed by atoms with Crippen LogP contribution in [0, 0.1) is 17.7 Å². The van der Waals surface area contributed by atoms with Crippen LogP contribution in [0.25, 0.3) is 39.5 Å². The highest BCUT2D eigenvalue weighted by atomic mass is 19.1. The van der Waals surface area contributed by atoms with E-state index in [2.05, 4.69) is 22.0 Å². The molecule has 2 aliphatic heterocycles. The summed E-state index contributed by atoms with van der Waals surface area (Å²) in [6.07, 6.45) is 4.74. The molecule has 45 heavy (non-hydrogen) atoms. The molecule has 5 heterocycles. The molecule has 1 saturated carbocycles. The minimum absolute atomic E-state index is 0.108. The van der Waals surface area contributed by atoms with Crippen LogP contribution < -0.4 is 16.4 Å². The fraction of sp³-hybridized carbons (Fsp3) is 0.314. The van der Waals surface area contributed by atoms with E-state index in [4.69, 9.17) is 21.4 Å². The number of nitrogens with two attached hydrogens (primary N) is 2. The molecule has 3 fully saturated rings. The van der Waals surface area contributed by atoms with Crippen molar-refractivity contribution in [1.82, 2.24) is 24.4 Å². The van der Waals surface area contributed by atoms with Gasteiger partial charge < -0.3 is 21.3 Å². The predicted octanol–water partition coefficient (Wildman–Crippen LogP) is 5.12.